The fraction of sp³-hybridized carbons (Fsp3) is 0.250. The highest BCUT2D eigenvalue weighted by atomic mass is 16.6. The third-order valence-electron chi connectivity index (χ3n) is 5.47. The number of carbonyl (C=O) groups excluding carboxylic acids is 2. The number of hydrogen-bond donors (Lipinski definition) is 0. The van der Waals surface area contributed by atoms with Crippen LogP contribution in [0.15, 0.2) is 48.5 Å². The maximum Gasteiger partial charge on any atom is 0.345 e. The van der Waals surface area contributed by atoms with Gasteiger partial charge >= 0.3 is 5.97 Å². The quantitative estimate of drug-likeness (QED) is 0.233. The molecule has 4 rings (SSSR count). The smallest absolute Gasteiger partial charge is 0.345 e. The summed E-state index contributed by atoms with van der Waals surface area (Å²) in [7, 11) is 0. The lowest BCUT2D eigenvalue weighted by atomic mass is 10.1. The topological polar surface area (TPSA) is 110 Å². The van der Waals surface area contributed by atoms with Gasteiger partial charge in [0.25, 0.3) is 5.69 Å². The first-order valence-electron chi connectivity index (χ1n) is 10.3. The lowest BCUT2D eigenvalue weighted by Crippen LogP contribution is -2.18. The monoisotopic (exact) mass is 450 g/mol. The average Bonchev–Trinajstić information content (AvgIpc) is 3.10. The standard InChI is InChI=1S/C24H22N2O7/c1-15-10-18(16(2)25(15)13-17-6-4-3-5-7-17)21(27)14-33-24(28)19-11-22-23(32-9-8-31-22)12-20(19)26(29)30/h3-7,10-12H,8-9,13-14H2,1-2H3. The van der Waals surface area contributed by atoms with Gasteiger partial charge in [0.1, 0.15) is 18.8 Å². The minimum Gasteiger partial charge on any atom is -0.486 e. The van der Waals surface area contributed by atoms with Crippen LogP contribution < -0.4 is 9.47 Å². The van der Waals surface area contributed by atoms with Crippen molar-refractivity contribution in [3.63, 3.8) is 0 Å². The molecule has 2 heterocycles. The highest BCUT2D eigenvalue weighted by Crippen LogP contribution is 2.36. The van der Waals surface area contributed by atoms with Gasteiger partial charge in [-0.3, -0.25) is 14.9 Å². The fourth-order valence-electron chi connectivity index (χ4n) is 3.77. The van der Waals surface area contributed by atoms with Crippen LogP contribution in [0.2, 0.25) is 0 Å². The normalized spacial score (nSPS) is 12.3. The van der Waals surface area contributed by atoms with E-state index in [1.165, 1.54) is 6.07 Å². The minimum atomic E-state index is -0.981. The van der Waals surface area contributed by atoms with E-state index < -0.39 is 29.0 Å². The molecular formula is C24H22N2O7. The number of ether oxygens (including phenoxy) is 3. The fourth-order valence-corrected chi connectivity index (χ4v) is 3.77. The Balaban J connectivity index is 1.50. The number of fused-ring (bicyclic) bond motifs is 1. The second-order valence-corrected chi connectivity index (χ2v) is 7.63. The Kier molecular flexibility index (Phi) is 6.12. The van der Waals surface area contributed by atoms with Crippen molar-refractivity contribution in [2.75, 3.05) is 19.8 Å². The van der Waals surface area contributed by atoms with E-state index >= 15 is 0 Å². The van der Waals surface area contributed by atoms with Gasteiger partial charge in [-0.15, -0.1) is 0 Å². The largest absolute Gasteiger partial charge is 0.486 e. The molecule has 3 aromatic rings. The van der Waals surface area contributed by atoms with Gasteiger partial charge in [-0.05, 0) is 25.5 Å². The number of nitro benzene ring substituents is 1. The van der Waals surface area contributed by atoms with Crippen LogP contribution in [0.4, 0.5) is 5.69 Å². The maximum atomic E-state index is 12.8. The molecule has 1 aliphatic rings. The number of aromatic nitrogens is 1. The van der Waals surface area contributed by atoms with Crippen molar-refractivity contribution in [1.29, 1.82) is 0 Å². The zero-order chi connectivity index (χ0) is 23.5. The highest BCUT2D eigenvalue weighted by molar-refractivity contribution is 6.01. The summed E-state index contributed by atoms with van der Waals surface area (Å²) < 4.78 is 17.9. The molecule has 0 atom stereocenters. The number of hydrogen-bond acceptors (Lipinski definition) is 7. The second kappa shape index (κ2) is 9.15. The van der Waals surface area contributed by atoms with Crippen LogP contribution in [0.5, 0.6) is 11.5 Å². The molecule has 170 valence electrons. The Morgan fingerprint density at radius 1 is 1.03 bits per heavy atom. The number of ketones is 1. The lowest BCUT2D eigenvalue weighted by Gasteiger charge is -2.18. The van der Waals surface area contributed by atoms with Gasteiger partial charge in [-0.2, -0.15) is 0 Å². The van der Waals surface area contributed by atoms with Crippen molar-refractivity contribution < 1.29 is 28.7 Å². The molecule has 0 fully saturated rings. The van der Waals surface area contributed by atoms with E-state index in [1.54, 1.807) is 6.07 Å². The highest BCUT2D eigenvalue weighted by Gasteiger charge is 2.28. The van der Waals surface area contributed by atoms with E-state index in [0.29, 0.717) is 12.1 Å². The molecule has 0 saturated carbocycles. The van der Waals surface area contributed by atoms with Crippen molar-refractivity contribution in [3.05, 3.63) is 86.7 Å². The molecule has 0 bridgehead atoms. The zero-order valence-corrected chi connectivity index (χ0v) is 18.2. The van der Waals surface area contributed by atoms with Gasteiger partial charge < -0.3 is 18.8 Å². The molecular weight excluding hydrogens is 428 g/mol. The number of nitro groups is 1. The first-order chi connectivity index (χ1) is 15.8. The number of Topliss-reactive ketones (excluding diaryl/α,β-unsaturated/α-hetero) is 1. The molecule has 0 radical (unpaired) electrons. The predicted molar refractivity (Wildman–Crippen MR) is 118 cm³/mol. The van der Waals surface area contributed by atoms with Crippen LogP contribution >= 0.6 is 0 Å². The molecule has 9 nitrogen and oxygen atoms in total. The van der Waals surface area contributed by atoms with Crippen LogP contribution in [-0.4, -0.2) is 41.1 Å². The molecule has 0 amide bonds. The molecule has 0 aliphatic carbocycles. The van der Waals surface area contributed by atoms with Gasteiger partial charge in [0.05, 0.1) is 11.0 Å². The number of benzene rings is 2. The Hall–Kier alpha value is -4.14. The van der Waals surface area contributed by atoms with Gasteiger partial charge in [0.2, 0.25) is 5.78 Å². The van der Waals surface area contributed by atoms with Crippen LogP contribution in [0, 0.1) is 24.0 Å². The minimum absolute atomic E-state index is 0.187. The predicted octanol–water partition coefficient (Wildman–Crippen LogP) is 3.87. The van der Waals surface area contributed by atoms with Crippen molar-refractivity contribution in [1.82, 2.24) is 4.57 Å². The summed E-state index contributed by atoms with van der Waals surface area (Å²) >= 11 is 0. The number of nitrogens with zero attached hydrogens (tertiary/aromatic N) is 2. The molecule has 2 aromatic carbocycles. The van der Waals surface area contributed by atoms with E-state index in [-0.39, 0.29) is 30.3 Å². The molecule has 33 heavy (non-hydrogen) atoms. The molecule has 9 heteroatoms. The van der Waals surface area contributed by atoms with E-state index in [1.807, 2.05) is 48.7 Å². The van der Waals surface area contributed by atoms with Crippen molar-refractivity contribution >= 4 is 17.4 Å². The van der Waals surface area contributed by atoms with Crippen molar-refractivity contribution in [2.24, 2.45) is 0 Å². The van der Waals surface area contributed by atoms with E-state index in [0.717, 1.165) is 23.0 Å². The average molecular weight is 450 g/mol. The molecule has 0 spiro atoms. The lowest BCUT2D eigenvalue weighted by molar-refractivity contribution is -0.385. The van der Waals surface area contributed by atoms with Crippen molar-refractivity contribution in [2.45, 2.75) is 20.4 Å². The van der Waals surface area contributed by atoms with E-state index in [9.17, 15) is 19.7 Å². The van der Waals surface area contributed by atoms with E-state index in [2.05, 4.69) is 0 Å². The Bertz CT molecular complexity index is 1230. The van der Waals surface area contributed by atoms with Crippen LogP contribution in [0.3, 0.4) is 0 Å². The summed E-state index contributed by atoms with van der Waals surface area (Å²) in [5, 5.41) is 11.4. The molecule has 0 saturated heterocycles. The first-order valence-corrected chi connectivity index (χ1v) is 10.3. The Labute approximate surface area is 189 Å². The maximum absolute atomic E-state index is 12.8. The number of esters is 1. The summed E-state index contributed by atoms with van der Waals surface area (Å²) in [4.78, 5) is 36.1. The Morgan fingerprint density at radius 2 is 1.70 bits per heavy atom. The summed E-state index contributed by atoms with van der Waals surface area (Å²) in [6.45, 7) is 4.31. The van der Waals surface area contributed by atoms with Gasteiger partial charge in [-0.1, -0.05) is 30.3 Å². The third kappa shape index (κ3) is 4.57. The summed E-state index contributed by atoms with van der Waals surface area (Å²) in [6, 6.07) is 13.9. The Morgan fingerprint density at radius 3 is 2.36 bits per heavy atom. The SMILES string of the molecule is Cc1cc(C(=O)COC(=O)c2cc3c(cc2[N+](=O)[O-])OCCO3)c(C)n1Cc1ccccc1. The summed E-state index contributed by atoms with van der Waals surface area (Å²) in [5.74, 6) is -0.970. The number of carbonyl (C=O) groups is 2. The van der Waals surface area contributed by atoms with Crippen molar-refractivity contribution in [3.8, 4) is 11.5 Å². The number of aryl methyl sites for hydroxylation is 1. The van der Waals surface area contributed by atoms with Gasteiger partial charge in [-0.25, -0.2) is 4.79 Å². The number of rotatable bonds is 7. The van der Waals surface area contributed by atoms with Crippen LogP contribution in [0.25, 0.3) is 0 Å². The van der Waals surface area contributed by atoms with Crippen LogP contribution in [-0.2, 0) is 11.3 Å². The summed E-state index contributed by atoms with van der Waals surface area (Å²) in [5.41, 5.74) is 2.41. The second-order valence-electron chi connectivity index (χ2n) is 7.63. The first kappa shape index (κ1) is 22.1. The molecule has 1 aromatic heterocycles. The molecule has 0 N–H and O–H groups in total. The van der Waals surface area contributed by atoms with Gasteiger partial charge in [0, 0.05) is 29.6 Å². The van der Waals surface area contributed by atoms with Crippen LogP contribution in [0.1, 0.15) is 37.7 Å². The van der Waals surface area contributed by atoms with Gasteiger partial charge in [0.15, 0.2) is 18.1 Å². The zero-order valence-electron chi connectivity index (χ0n) is 18.2. The van der Waals surface area contributed by atoms with E-state index in [4.69, 9.17) is 14.2 Å². The molecule has 0 unspecified atom stereocenters. The third-order valence-corrected chi connectivity index (χ3v) is 5.47. The summed E-state index contributed by atoms with van der Waals surface area (Å²) in [6.07, 6.45) is 0. The molecule has 1 aliphatic heterocycles.